The van der Waals surface area contributed by atoms with E-state index in [-0.39, 0.29) is 0 Å². The van der Waals surface area contributed by atoms with Crippen molar-refractivity contribution in [2.45, 2.75) is 31.6 Å². The Labute approximate surface area is 104 Å². The molecule has 0 bridgehead atoms. The van der Waals surface area contributed by atoms with Gasteiger partial charge >= 0.3 is 0 Å². The Morgan fingerprint density at radius 1 is 1.29 bits per heavy atom. The lowest BCUT2D eigenvalue weighted by Crippen LogP contribution is -2.29. The second-order valence-corrected chi connectivity index (χ2v) is 5.38. The first-order valence-corrected chi connectivity index (χ1v) is 6.82. The monoisotopic (exact) mass is 227 g/mol. The Morgan fingerprint density at radius 2 is 2.12 bits per heavy atom. The number of hydrogen-bond acceptors (Lipinski definition) is 1. The number of rotatable bonds is 2. The smallest absolute Gasteiger partial charge is 0.0160 e. The van der Waals surface area contributed by atoms with Gasteiger partial charge in [-0.3, -0.25) is 4.90 Å². The van der Waals surface area contributed by atoms with Crippen molar-refractivity contribution >= 4 is 0 Å². The summed E-state index contributed by atoms with van der Waals surface area (Å²) in [6.45, 7) is 7.34. The lowest BCUT2D eigenvalue weighted by atomic mass is 9.80. The maximum absolute atomic E-state index is 3.88. The molecule has 1 aromatic carbocycles. The maximum Gasteiger partial charge on any atom is 0.0160 e. The molecule has 1 aliphatic heterocycles. The second-order valence-electron chi connectivity index (χ2n) is 5.38. The van der Waals surface area contributed by atoms with E-state index in [2.05, 4.69) is 29.7 Å². The van der Waals surface area contributed by atoms with Crippen molar-refractivity contribution in [3.63, 3.8) is 0 Å². The highest BCUT2D eigenvalue weighted by atomic mass is 15.1. The molecule has 3 rings (SSSR count). The van der Waals surface area contributed by atoms with E-state index >= 15 is 0 Å². The Kier molecular flexibility index (Phi) is 3.02. The average Bonchev–Trinajstić information content (AvgIpc) is 2.53. The first kappa shape index (κ1) is 11.0. The summed E-state index contributed by atoms with van der Waals surface area (Å²) in [7, 11) is 0. The van der Waals surface area contributed by atoms with Crippen molar-refractivity contribution in [1.29, 1.82) is 0 Å². The Bertz CT molecular complexity index is 422. The zero-order chi connectivity index (χ0) is 11.7. The van der Waals surface area contributed by atoms with Crippen LogP contribution in [-0.2, 0) is 12.8 Å². The molecule has 0 N–H and O–H groups in total. The van der Waals surface area contributed by atoms with Gasteiger partial charge in [-0.05, 0) is 48.3 Å². The Morgan fingerprint density at radius 3 is 2.94 bits per heavy atom. The summed E-state index contributed by atoms with van der Waals surface area (Å²) in [5.74, 6) is 0.775. The molecule has 0 saturated heterocycles. The molecule has 17 heavy (non-hydrogen) atoms. The topological polar surface area (TPSA) is 3.24 Å². The molecular weight excluding hydrogens is 206 g/mol. The average molecular weight is 227 g/mol. The molecule has 1 heteroatoms. The molecule has 0 radical (unpaired) electrons. The van der Waals surface area contributed by atoms with Crippen LogP contribution >= 0.6 is 0 Å². The van der Waals surface area contributed by atoms with E-state index in [4.69, 9.17) is 0 Å². The maximum atomic E-state index is 3.88. The molecule has 0 fully saturated rings. The predicted octanol–water partition coefficient (Wildman–Crippen LogP) is 3.15. The van der Waals surface area contributed by atoms with Crippen LogP contribution in [0.5, 0.6) is 0 Å². The third kappa shape index (κ3) is 2.04. The van der Waals surface area contributed by atoms with E-state index in [1.807, 2.05) is 6.08 Å². The molecule has 0 saturated carbocycles. The van der Waals surface area contributed by atoms with Crippen molar-refractivity contribution in [3.8, 4) is 0 Å². The first-order chi connectivity index (χ1) is 8.38. The lowest BCUT2D eigenvalue weighted by Gasteiger charge is -2.28. The predicted molar refractivity (Wildman–Crippen MR) is 72.5 cm³/mol. The van der Waals surface area contributed by atoms with Crippen molar-refractivity contribution in [1.82, 2.24) is 4.90 Å². The van der Waals surface area contributed by atoms with E-state index in [0.29, 0.717) is 0 Å². The first-order valence-electron chi connectivity index (χ1n) is 6.82. The Hall–Kier alpha value is -1.08. The highest BCUT2D eigenvalue weighted by Gasteiger charge is 2.27. The van der Waals surface area contributed by atoms with Crippen molar-refractivity contribution in [2.75, 3.05) is 19.6 Å². The highest BCUT2D eigenvalue weighted by Crippen LogP contribution is 2.36. The van der Waals surface area contributed by atoms with Crippen LogP contribution in [0.25, 0.3) is 0 Å². The SMILES string of the molecule is C=CCN1CCc2cccc3c2C(CCC3)C1. The minimum absolute atomic E-state index is 0.775. The largest absolute Gasteiger partial charge is 0.299 e. The zero-order valence-electron chi connectivity index (χ0n) is 10.5. The van der Waals surface area contributed by atoms with Gasteiger partial charge in [0, 0.05) is 19.6 Å². The molecule has 0 aromatic heterocycles. The van der Waals surface area contributed by atoms with Gasteiger partial charge < -0.3 is 0 Å². The fourth-order valence-corrected chi connectivity index (χ4v) is 3.52. The van der Waals surface area contributed by atoms with E-state index in [0.717, 1.165) is 12.5 Å². The normalized spacial score (nSPS) is 23.9. The zero-order valence-corrected chi connectivity index (χ0v) is 10.5. The van der Waals surface area contributed by atoms with Gasteiger partial charge in [0.05, 0.1) is 0 Å². The van der Waals surface area contributed by atoms with E-state index < -0.39 is 0 Å². The fraction of sp³-hybridized carbons (Fsp3) is 0.500. The number of aryl methyl sites for hydroxylation is 1. The fourth-order valence-electron chi connectivity index (χ4n) is 3.52. The van der Waals surface area contributed by atoms with Crippen molar-refractivity contribution < 1.29 is 0 Å². The molecule has 1 nitrogen and oxygen atoms in total. The standard InChI is InChI=1S/C16H21N/c1-2-10-17-11-9-14-7-3-5-13-6-4-8-15(12-17)16(13)14/h2-3,5,7,15H,1,4,6,8-12H2. The minimum atomic E-state index is 0.775. The number of benzene rings is 1. The van der Waals surface area contributed by atoms with Crippen LogP contribution in [0.1, 0.15) is 35.4 Å². The summed E-state index contributed by atoms with van der Waals surface area (Å²) in [4.78, 5) is 2.56. The summed E-state index contributed by atoms with van der Waals surface area (Å²) in [6.07, 6.45) is 7.29. The lowest BCUT2D eigenvalue weighted by molar-refractivity contribution is 0.286. The van der Waals surface area contributed by atoms with Gasteiger partial charge in [0.15, 0.2) is 0 Å². The van der Waals surface area contributed by atoms with Gasteiger partial charge in [0.25, 0.3) is 0 Å². The van der Waals surface area contributed by atoms with E-state index in [9.17, 15) is 0 Å². The summed E-state index contributed by atoms with van der Waals surface area (Å²) >= 11 is 0. The van der Waals surface area contributed by atoms with E-state index in [1.54, 1.807) is 16.7 Å². The van der Waals surface area contributed by atoms with Gasteiger partial charge in [0.2, 0.25) is 0 Å². The number of hydrogen-bond donors (Lipinski definition) is 0. The highest BCUT2D eigenvalue weighted by molar-refractivity contribution is 5.41. The van der Waals surface area contributed by atoms with Crippen LogP contribution in [0.4, 0.5) is 0 Å². The van der Waals surface area contributed by atoms with Crippen LogP contribution in [0.15, 0.2) is 30.9 Å². The van der Waals surface area contributed by atoms with Crippen LogP contribution in [0.2, 0.25) is 0 Å². The van der Waals surface area contributed by atoms with Gasteiger partial charge in [-0.2, -0.15) is 0 Å². The van der Waals surface area contributed by atoms with Crippen molar-refractivity contribution in [2.24, 2.45) is 0 Å². The van der Waals surface area contributed by atoms with Gasteiger partial charge in [-0.25, -0.2) is 0 Å². The summed E-state index contributed by atoms with van der Waals surface area (Å²) in [5, 5.41) is 0. The minimum Gasteiger partial charge on any atom is -0.299 e. The summed E-state index contributed by atoms with van der Waals surface area (Å²) in [6, 6.07) is 6.93. The number of nitrogens with zero attached hydrogens (tertiary/aromatic N) is 1. The summed E-state index contributed by atoms with van der Waals surface area (Å²) < 4.78 is 0. The van der Waals surface area contributed by atoms with Gasteiger partial charge in [0.1, 0.15) is 0 Å². The molecule has 1 aliphatic carbocycles. The van der Waals surface area contributed by atoms with Crippen LogP contribution in [0, 0.1) is 0 Å². The molecule has 1 aromatic rings. The molecule has 1 heterocycles. The summed E-state index contributed by atoms with van der Waals surface area (Å²) in [5.41, 5.74) is 4.93. The van der Waals surface area contributed by atoms with Crippen LogP contribution in [-0.4, -0.2) is 24.5 Å². The Balaban J connectivity index is 1.96. The molecule has 90 valence electrons. The molecule has 1 unspecified atom stereocenters. The quantitative estimate of drug-likeness (QED) is 0.702. The second kappa shape index (κ2) is 4.66. The molecular formula is C16H21N. The van der Waals surface area contributed by atoms with Gasteiger partial charge in [-0.1, -0.05) is 24.3 Å². The van der Waals surface area contributed by atoms with Crippen LogP contribution < -0.4 is 0 Å². The third-order valence-electron chi connectivity index (χ3n) is 4.26. The van der Waals surface area contributed by atoms with Gasteiger partial charge in [-0.15, -0.1) is 6.58 Å². The molecule has 0 spiro atoms. The van der Waals surface area contributed by atoms with E-state index in [1.165, 1.54) is 38.8 Å². The molecule has 0 amide bonds. The molecule has 1 atom stereocenters. The molecule has 2 aliphatic rings. The third-order valence-corrected chi connectivity index (χ3v) is 4.26. The van der Waals surface area contributed by atoms with Crippen LogP contribution in [0.3, 0.4) is 0 Å². The van der Waals surface area contributed by atoms with Crippen molar-refractivity contribution in [3.05, 3.63) is 47.5 Å².